The summed E-state index contributed by atoms with van der Waals surface area (Å²) >= 11 is 0. The quantitative estimate of drug-likeness (QED) is 0.381. The van der Waals surface area contributed by atoms with Crippen LogP contribution in [0.25, 0.3) is 6.15 Å². The minimum absolute atomic E-state index is 0. The Morgan fingerprint density at radius 3 is 1.60 bits per heavy atom. The molecule has 0 unspecified atom stereocenters. The zero-order chi connectivity index (χ0) is 2.71. The van der Waals surface area contributed by atoms with Crippen LogP contribution in [0.15, 0.2) is 5.34 Å². The molecule has 0 aliphatic carbocycles. The van der Waals surface area contributed by atoms with Gasteiger partial charge in [-0.2, -0.15) is 0 Å². The van der Waals surface area contributed by atoms with Crippen molar-refractivity contribution in [3.63, 3.8) is 0 Å². The van der Waals surface area contributed by atoms with E-state index < -0.39 is 0 Å². The van der Waals surface area contributed by atoms with Gasteiger partial charge in [-0.15, -0.1) is 5.34 Å². The van der Waals surface area contributed by atoms with Gasteiger partial charge in [0, 0.05) is 32.7 Å². The van der Waals surface area contributed by atoms with Crippen molar-refractivity contribution in [2.75, 3.05) is 0 Å². The Bertz CT molecular complexity index is 15.1. The Morgan fingerprint density at radius 1 is 1.60 bits per heavy atom. The SMILES string of the molecule is O=N[O-].[NH2-].[Y]. The summed E-state index contributed by atoms with van der Waals surface area (Å²) in [6, 6.07) is 0. The molecular formula is H2N2O2Y-2. The minimum Gasteiger partial charge on any atom is -0.693 e. The van der Waals surface area contributed by atoms with Gasteiger partial charge in [-0.25, -0.2) is 0 Å². The van der Waals surface area contributed by atoms with Crippen LogP contribution in [-0.2, 0) is 32.7 Å². The predicted octanol–water partition coefficient (Wildman–Crippen LogP) is 0.965. The summed E-state index contributed by atoms with van der Waals surface area (Å²) in [5, 5.41) is 9.00. The third-order valence-electron chi connectivity index (χ3n) is 0. The topological polar surface area (TPSA) is 86.0 Å². The molecule has 0 saturated carbocycles. The molecule has 2 N–H and O–H groups in total. The summed E-state index contributed by atoms with van der Waals surface area (Å²) in [7, 11) is 0. The summed E-state index contributed by atoms with van der Waals surface area (Å²) in [4.78, 5) is 8.00. The third kappa shape index (κ3) is 126. The van der Waals surface area contributed by atoms with Crippen LogP contribution in [0.3, 0.4) is 0 Å². The van der Waals surface area contributed by atoms with Crippen molar-refractivity contribution in [3.05, 3.63) is 16.3 Å². The van der Waals surface area contributed by atoms with Gasteiger partial charge in [-0.3, -0.25) is 0 Å². The molecule has 0 saturated heterocycles. The van der Waals surface area contributed by atoms with Gasteiger partial charge in [0.2, 0.25) is 0 Å². The van der Waals surface area contributed by atoms with Crippen LogP contribution in [0.5, 0.6) is 0 Å². The molecule has 0 aromatic carbocycles. The molecular weight excluding hydrogens is 149 g/mol. The van der Waals surface area contributed by atoms with Crippen LogP contribution in [-0.4, -0.2) is 0 Å². The molecule has 0 aliphatic rings. The maximum Gasteiger partial charge on any atom is 0 e. The van der Waals surface area contributed by atoms with Crippen molar-refractivity contribution in [2.24, 2.45) is 5.34 Å². The third-order valence-corrected chi connectivity index (χ3v) is 0. The number of hydrogen-bond donors (Lipinski definition) is 0. The van der Waals surface area contributed by atoms with Gasteiger partial charge in [-0.1, -0.05) is 0 Å². The van der Waals surface area contributed by atoms with Gasteiger partial charge >= 0.3 is 0 Å². The molecule has 0 aromatic rings. The van der Waals surface area contributed by atoms with E-state index in [0.29, 0.717) is 0 Å². The van der Waals surface area contributed by atoms with E-state index in [0.717, 1.165) is 5.34 Å². The van der Waals surface area contributed by atoms with Crippen LogP contribution < -0.4 is 0 Å². The van der Waals surface area contributed by atoms with Crippen molar-refractivity contribution >= 4 is 0 Å². The summed E-state index contributed by atoms with van der Waals surface area (Å²) < 4.78 is 0. The first-order valence-corrected chi connectivity index (χ1v) is 0.365. The van der Waals surface area contributed by atoms with Gasteiger partial charge in [-0.05, 0) is 0 Å². The number of nitrogens with zero attached hydrogens (tertiary/aromatic N) is 1. The summed E-state index contributed by atoms with van der Waals surface area (Å²) in [5.41, 5.74) is 0. The van der Waals surface area contributed by atoms with E-state index in [1.807, 2.05) is 0 Å². The molecule has 1 radical (unpaired) electrons. The van der Waals surface area contributed by atoms with E-state index in [4.69, 9.17) is 10.1 Å². The predicted molar refractivity (Wildman–Crippen MR) is 14.4 cm³/mol. The number of nitrogens with two attached hydrogens (primary N) is 1. The summed E-state index contributed by atoms with van der Waals surface area (Å²) in [6.07, 6.45) is 0. The van der Waals surface area contributed by atoms with Crippen molar-refractivity contribution < 1.29 is 32.7 Å². The van der Waals surface area contributed by atoms with Crippen LogP contribution in [0.4, 0.5) is 0 Å². The standard InChI is InChI=1S/HNO2.H2N.Y/c2-1-3;;/h(H,2,3);1H2;/q;-1;/p-1. The molecule has 0 aromatic heterocycles. The van der Waals surface area contributed by atoms with Crippen LogP contribution in [0, 0.1) is 10.1 Å². The Balaban J connectivity index is -0.0000000200. The second kappa shape index (κ2) is 25.0. The smallest absolute Gasteiger partial charge is 0 e. The first kappa shape index (κ1) is 17.9. The van der Waals surface area contributed by atoms with Gasteiger partial charge in [0.1, 0.15) is 0 Å². The Kier molecular flexibility index (Phi) is 89.6. The van der Waals surface area contributed by atoms with Gasteiger partial charge in [0.05, 0.1) is 0 Å². The van der Waals surface area contributed by atoms with Crippen molar-refractivity contribution in [1.82, 2.24) is 0 Å². The minimum atomic E-state index is 0. The molecule has 0 atom stereocenters. The van der Waals surface area contributed by atoms with Gasteiger partial charge in [0.15, 0.2) is 0 Å². The molecule has 0 rings (SSSR count). The Labute approximate surface area is 54.3 Å². The first-order valence-electron chi connectivity index (χ1n) is 0.365. The molecule has 0 bridgehead atoms. The van der Waals surface area contributed by atoms with E-state index in [1.54, 1.807) is 0 Å². The number of hydrogen-bond acceptors (Lipinski definition) is 3. The zero-order valence-corrected chi connectivity index (χ0v) is 5.26. The molecule has 5 heavy (non-hydrogen) atoms. The maximum atomic E-state index is 8.00. The molecule has 0 fully saturated rings. The second-order valence-corrected chi connectivity index (χ2v) is 0.0745. The normalized spacial score (nSPS) is 2.40. The second-order valence-electron chi connectivity index (χ2n) is 0.0745. The van der Waals surface area contributed by atoms with Crippen molar-refractivity contribution in [2.45, 2.75) is 0 Å². The molecule has 0 aliphatic heterocycles. The van der Waals surface area contributed by atoms with Crippen molar-refractivity contribution in [3.8, 4) is 0 Å². The van der Waals surface area contributed by atoms with Crippen LogP contribution in [0.1, 0.15) is 0 Å². The fraction of sp³-hybridized carbons (Fsp3) is 0. The Morgan fingerprint density at radius 2 is 1.60 bits per heavy atom. The monoisotopic (exact) mass is 151 g/mol. The fourth-order valence-electron chi connectivity index (χ4n) is 0. The zero-order valence-electron chi connectivity index (χ0n) is 2.42. The molecule has 0 amide bonds. The van der Waals surface area contributed by atoms with E-state index in [-0.39, 0.29) is 38.9 Å². The van der Waals surface area contributed by atoms with E-state index in [1.165, 1.54) is 0 Å². The average molecular weight is 151 g/mol. The largest absolute Gasteiger partial charge is 0.693 e. The van der Waals surface area contributed by atoms with E-state index in [2.05, 4.69) is 0 Å². The maximum absolute atomic E-state index is 8.00. The number of rotatable bonds is 0. The first-order chi connectivity index (χ1) is 1.41. The molecule has 5 heteroatoms. The van der Waals surface area contributed by atoms with Gasteiger partial charge < -0.3 is 16.3 Å². The van der Waals surface area contributed by atoms with E-state index >= 15 is 0 Å². The molecule has 0 heterocycles. The molecule has 4 nitrogen and oxygen atoms in total. The van der Waals surface area contributed by atoms with Gasteiger partial charge in [0.25, 0.3) is 0 Å². The van der Waals surface area contributed by atoms with Crippen LogP contribution in [0.2, 0.25) is 0 Å². The fourth-order valence-corrected chi connectivity index (χ4v) is 0. The summed E-state index contributed by atoms with van der Waals surface area (Å²) in [5.74, 6) is 0. The molecule has 29 valence electrons. The summed E-state index contributed by atoms with van der Waals surface area (Å²) in [6.45, 7) is 0. The Hall–Kier alpha value is 0.464. The van der Waals surface area contributed by atoms with Crippen molar-refractivity contribution in [1.29, 1.82) is 0 Å². The molecule has 0 spiro atoms. The van der Waals surface area contributed by atoms with E-state index in [9.17, 15) is 0 Å². The van der Waals surface area contributed by atoms with Crippen LogP contribution >= 0.6 is 0 Å². The average Bonchev–Trinajstić information content (AvgIpc) is 0.918.